The third kappa shape index (κ3) is 3.85. The largest absolute Gasteiger partial charge is 0.494 e. The molecule has 0 bridgehead atoms. The van der Waals surface area contributed by atoms with Gasteiger partial charge in [0.15, 0.2) is 5.78 Å². The maximum Gasteiger partial charge on any atom is 0.261 e. The number of Topliss-reactive ketones (excluding diaryl/α,β-unsaturated/α-hetero) is 1. The quantitative estimate of drug-likeness (QED) is 0.830. The van der Waals surface area contributed by atoms with Crippen molar-refractivity contribution < 1.29 is 17.9 Å². The lowest BCUT2D eigenvalue weighted by atomic mass is 10.2. The van der Waals surface area contributed by atoms with Crippen molar-refractivity contribution in [3.63, 3.8) is 0 Å². The number of hydrogen-bond donors (Lipinski definition) is 1. The summed E-state index contributed by atoms with van der Waals surface area (Å²) < 4.78 is 32.3. The highest BCUT2D eigenvalue weighted by atomic mass is 32.2. The normalized spacial score (nSPS) is 11.0. The number of ketones is 1. The first-order chi connectivity index (χ1) is 10.4. The zero-order valence-electron chi connectivity index (χ0n) is 12.4. The van der Waals surface area contributed by atoms with Crippen LogP contribution >= 0.6 is 0 Å². The summed E-state index contributed by atoms with van der Waals surface area (Å²) in [7, 11) is -3.68. The predicted molar refractivity (Wildman–Crippen MR) is 84.9 cm³/mol. The lowest BCUT2D eigenvalue weighted by Crippen LogP contribution is -2.13. The van der Waals surface area contributed by atoms with E-state index in [-0.39, 0.29) is 10.7 Å². The van der Waals surface area contributed by atoms with Crippen LogP contribution in [0, 0.1) is 0 Å². The van der Waals surface area contributed by atoms with Gasteiger partial charge in [-0.25, -0.2) is 8.42 Å². The van der Waals surface area contributed by atoms with E-state index in [4.69, 9.17) is 4.74 Å². The Morgan fingerprint density at radius 1 is 1.05 bits per heavy atom. The predicted octanol–water partition coefficient (Wildman–Crippen LogP) is 3.09. The molecular weight excluding hydrogens is 302 g/mol. The van der Waals surface area contributed by atoms with Crippen molar-refractivity contribution in [3.8, 4) is 5.75 Å². The molecule has 0 aliphatic rings. The first-order valence-electron chi connectivity index (χ1n) is 6.79. The minimum atomic E-state index is -3.68. The number of rotatable bonds is 6. The summed E-state index contributed by atoms with van der Waals surface area (Å²) in [5.74, 6) is 0.569. The Kier molecular flexibility index (Phi) is 4.82. The molecule has 2 aromatic rings. The van der Waals surface area contributed by atoms with Crippen LogP contribution in [-0.4, -0.2) is 20.8 Å². The molecule has 0 saturated carbocycles. The van der Waals surface area contributed by atoms with Crippen molar-refractivity contribution >= 4 is 21.5 Å². The van der Waals surface area contributed by atoms with E-state index in [1.807, 2.05) is 6.92 Å². The third-order valence-electron chi connectivity index (χ3n) is 2.99. The fraction of sp³-hybridized carbons (Fsp3) is 0.188. The SMILES string of the molecule is CCOc1ccc(NS(=O)(=O)c2ccc(C(C)=O)cc2)cc1. The van der Waals surface area contributed by atoms with Gasteiger partial charge in [0.1, 0.15) is 5.75 Å². The molecule has 5 nitrogen and oxygen atoms in total. The zero-order chi connectivity index (χ0) is 16.2. The van der Waals surface area contributed by atoms with Crippen LogP contribution < -0.4 is 9.46 Å². The van der Waals surface area contributed by atoms with Crippen LogP contribution in [0.3, 0.4) is 0 Å². The number of nitrogens with one attached hydrogen (secondary N) is 1. The Hall–Kier alpha value is -2.34. The first kappa shape index (κ1) is 16.0. The van der Waals surface area contributed by atoms with Gasteiger partial charge >= 0.3 is 0 Å². The van der Waals surface area contributed by atoms with Gasteiger partial charge in [0.25, 0.3) is 10.0 Å². The molecule has 6 heteroatoms. The monoisotopic (exact) mass is 319 g/mol. The Labute approximate surface area is 130 Å². The Morgan fingerprint density at radius 3 is 2.14 bits per heavy atom. The van der Waals surface area contributed by atoms with Gasteiger partial charge < -0.3 is 4.74 Å². The number of carbonyl (C=O) groups is 1. The summed E-state index contributed by atoms with van der Waals surface area (Å²) in [5.41, 5.74) is 0.916. The fourth-order valence-corrected chi connectivity index (χ4v) is 2.93. The molecule has 0 saturated heterocycles. The van der Waals surface area contributed by atoms with Crippen molar-refractivity contribution in [2.24, 2.45) is 0 Å². The van der Waals surface area contributed by atoms with Crippen molar-refractivity contribution in [2.75, 3.05) is 11.3 Å². The van der Waals surface area contributed by atoms with E-state index in [2.05, 4.69) is 4.72 Å². The van der Waals surface area contributed by atoms with Crippen molar-refractivity contribution in [1.29, 1.82) is 0 Å². The van der Waals surface area contributed by atoms with E-state index < -0.39 is 10.0 Å². The third-order valence-corrected chi connectivity index (χ3v) is 4.39. The molecule has 0 unspecified atom stereocenters. The Balaban J connectivity index is 2.18. The molecule has 0 aromatic heterocycles. The van der Waals surface area contributed by atoms with Crippen LogP contribution in [0.2, 0.25) is 0 Å². The van der Waals surface area contributed by atoms with Gasteiger partial charge in [0, 0.05) is 11.3 Å². The van der Waals surface area contributed by atoms with Crippen molar-refractivity contribution in [1.82, 2.24) is 0 Å². The summed E-state index contributed by atoms with van der Waals surface area (Å²) >= 11 is 0. The van der Waals surface area contributed by atoms with Crippen LogP contribution in [0.25, 0.3) is 0 Å². The molecule has 0 aliphatic heterocycles. The number of anilines is 1. The summed E-state index contributed by atoms with van der Waals surface area (Å²) in [6, 6.07) is 12.5. The second kappa shape index (κ2) is 6.62. The zero-order valence-corrected chi connectivity index (χ0v) is 13.2. The number of carbonyl (C=O) groups excluding carboxylic acids is 1. The average molecular weight is 319 g/mol. The highest BCUT2D eigenvalue weighted by Gasteiger charge is 2.14. The lowest BCUT2D eigenvalue weighted by molar-refractivity contribution is 0.101. The molecule has 2 aromatic carbocycles. The molecule has 1 N–H and O–H groups in total. The molecule has 0 spiro atoms. The van der Waals surface area contributed by atoms with Crippen LogP contribution in [0.5, 0.6) is 5.75 Å². The van der Waals surface area contributed by atoms with Gasteiger partial charge in [-0.15, -0.1) is 0 Å². The number of sulfonamides is 1. The summed E-state index contributed by atoms with van der Waals surface area (Å²) in [5, 5.41) is 0. The molecule has 0 aliphatic carbocycles. The molecular formula is C16H17NO4S. The van der Waals surface area contributed by atoms with E-state index in [9.17, 15) is 13.2 Å². The molecule has 0 fully saturated rings. The van der Waals surface area contributed by atoms with Gasteiger partial charge in [-0.1, -0.05) is 12.1 Å². The van der Waals surface area contributed by atoms with Crippen LogP contribution in [-0.2, 0) is 10.0 Å². The lowest BCUT2D eigenvalue weighted by Gasteiger charge is -2.09. The molecule has 0 amide bonds. The minimum absolute atomic E-state index is 0.103. The molecule has 0 radical (unpaired) electrons. The second-order valence-corrected chi connectivity index (χ2v) is 6.33. The number of hydrogen-bond acceptors (Lipinski definition) is 4. The van der Waals surface area contributed by atoms with Gasteiger partial charge in [0.05, 0.1) is 11.5 Å². The summed E-state index contributed by atoms with van der Waals surface area (Å²) in [4.78, 5) is 11.3. The van der Waals surface area contributed by atoms with Crippen LogP contribution in [0.15, 0.2) is 53.4 Å². The van der Waals surface area contributed by atoms with Gasteiger partial charge in [-0.05, 0) is 50.2 Å². The highest BCUT2D eigenvalue weighted by molar-refractivity contribution is 7.92. The van der Waals surface area contributed by atoms with E-state index in [1.54, 1.807) is 24.3 Å². The average Bonchev–Trinajstić information content (AvgIpc) is 2.49. The van der Waals surface area contributed by atoms with Gasteiger partial charge in [0.2, 0.25) is 0 Å². The van der Waals surface area contributed by atoms with Crippen LogP contribution in [0.1, 0.15) is 24.2 Å². The Morgan fingerprint density at radius 2 is 1.64 bits per heavy atom. The summed E-state index contributed by atoms with van der Waals surface area (Å²) in [6.45, 7) is 3.86. The second-order valence-electron chi connectivity index (χ2n) is 4.64. The number of benzene rings is 2. The van der Waals surface area contributed by atoms with E-state index in [1.165, 1.54) is 31.2 Å². The smallest absolute Gasteiger partial charge is 0.261 e. The van der Waals surface area contributed by atoms with E-state index >= 15 is 0 Å². The topological polar surface area (TPSA) is 72.5 Å². The maximum atomic E-state index is 12.3. The van der Waals surface area contributed by atoms with E-state index in [0.29, 0.717) is 23.6 Å². The fourth-order valence-electron chi connectivity index (χ4n) is 1.87. The summed E-state index contributed by atoms with van der Waals surface area (Å²) in [6.07, 6.45) is 0. The minimum Gasteiger partial charge on any atom is -0.494 e. The molecule has 116 valence electrons. The van der Waals surface area contributed by atoms with Gasteiger partial charge in [-0.2, -0.15) is 0 Å². The van der Waals surface area contributed by atoms with Crippen LogP contribution in [0.4, 0.5) is 5.69 Å². The maximum absolute atomic E-state index is 12.3. The van der Waals surface area contributed by atoms with Crippen molar-refractivity contribution in [3.05, 3.63) is 54.1 Å². The highest BCUT2D eigenvalue weighted by Crippen LogP contribution is 2.20. The number of ether oxygens (including phenoxy) is 1. The molecule has 0 heterocycles. The standard InChI is InChI=1S/C16H17NO4S/c1-3-21-15-8-6-14(7-9-15)17-22(19,20)16-10-4-13(5-11-16)12(2)18/h4-11,17H,3H2,1-2H3. The van der Waals surface area contributed by atoms with Gasteiger partial charge in [-0.3, -0.25) is 9.52 Å². The first-order valence-corrected chi connectivity index (χ1v) is 8.27. The molecule has 0 atom stereocenters. The van der Waals surface area contributed by atoms with E-state index in [0.717, 1.165) is 0 Å². The van der Waals surface area contributed by atoms with Crippen molar-refractivity contribution in [2.45, 2.75) is 18.7 Å². The molecule has 2 rings (SSSR count). The Bertz CT molecular complexity index is 750. The molecule has 22 heavy (non-hydrogen) atoms.